The highest BCUT2D eigenvalue weighted by Gasteiger charge is 2.52. The molecule has 0 unspecified atom stereocenters. The minimum atomic E-state index is -3.99. The van der Waals surface area contributed by atoms with Gasteiger partial charge in [0.1, 0.15) is 5.82 Å². The monoisotopic (exact) mass is 520 g/mol. The van der Waals surface area contributed by atoms with Gasteiger partial charge in [0.2, 0.25) is 0 Å². The molecule has 6 nitrogen and oxygen atoms in total. The number of hydrogen-bond donors (Lipinski definition) is 0. The third-order valence-electron chi connectivity index (χ3n) is 7.42. The van der Waals surface area contributed by atoms with Crippen LogP contribution in [0.5, 0.6) is 0 Å². The molecule has 1 fully saturated rings. The molecule has 2 aromatic carbocycles. The van der Waals surface area contributed by atoms with Crippen molar-refractivity contribution in [2.75, 3.05) is 0 Å². The van der Waals surface area contributed by atoms with Crippen molar-refractivity contribution < 1.29 is 22.1 Å². The summed E-state index contributed by atoms with van der Waals surface area (Å²) in [4.78, 5) is 4.80. The maximum Gasteiger partial charge on any atom is 0.496 e. The van der Waals surface area contributed by atoms with Gasteiger partial charge in [0.25, 0.3) is 10.0 Å². The van der Waals surface area contributed by atoms with Gasteiger partial charge in [0, 0.05) is 28.3 Å². The Bertz CT molecular complexity index is 1600. The Hall–Kier alpha value is -3.01. The summed E-state index contributed by atoms with van der Waals surface area (Å²) in [6.07, 6.45) is 1.99. The van der Waals surface area contributed by atoms with Crippen molar-refractivity contribution in [1.29, 1.82) is 0 Å². The molecule has 3 heterocycles. The van der Waals surface area contributed by atoms with Crippen LogP contribution in [0.4, 0.5) is 4.39 Å². The van der Waals surface area contributed by atoms with E-state index in [-0.39, 0.29) is 10.5 Å². The van der Waals surface area contributed by atoms with Gasteiger partial charge in [-0.15, -0.1) is 0 Å². The van der Waals surface area contributed by atoms with E-state index in [1.807, 2.05) is 47.6 Å². The van der Waals surface area contributed by atoms with E-state index >= 15 is 0 Å². The number of pyridine rings is 1. The second-order valence-electron chi connectivity index (χ2n) is 10.5. The zero-order valence-corrected chi connectivity index (χ0v) is 22.7. The Kier molecular flexibility index (Phi) is 6.09. The summed E-state index contributed by atoms with van der Waals surface area (Å²) in [7, 11) is -4.67. The van der Waals surface area contributed by atoms with E-state index in [4.69, 9.17) is 9.31 Å². The lowest BCUT2D eigenvalue weighted by Crippen LogP contribution is -2.41. The van der Waals surface area contributed by atoms with Gasteiger partial charge < -0.3 is 9.31 Å². The first kappa shape index (κ1) is 25.6. The topological polar surface area (TPSA) is 70.4 Å². The third kappa shape index (κ3) is 4.19. The lowest BCUT2D eigenvalue weighted by Gasteiger charge is -2.32. The highest BCUT2D eigenvalue weighted by atomic mass is 32.2. The minimum absolute atomic E-state index is 0.160. The maximum absolute atomic E-state index is 14.3. The van der Waals surface area contributed by atoms with Crippen molar-refractivity contribution >= 4 is 33.6 Å². The molecule has 1 saturated heterocycles. The summed E-state index contributed by atoms with van der Waals surface area (Å²) in [5.74, 6) is -0.406. The van der Waals surface area contributed by atoms with Crippen LogP contribution in [0.2, 0.25) is 0 Å². The number of halogens is 1. The first-order chi connectivity index (χ1) is 17.4. The number of fused-ring (bicyclic) bond motifs is 1. The molecule has 1 aliphatic rings. The molecule has 0 aliphatic carbocycles. The van der Waals surface area contributed by atoms with Crippen molar-refractivity contribution in [1.82, 2.24) is 8.96 Å². The van der Waals surface area contributed by atoms with Crippen LogP contribution in [0.25, 0.3) is 22.2 Å². The third-order valence-corrected chi connectivity index (χ3v) is 9.16. The Morgan fingerprint density at radius 1 is 1.00 bits per heavy atom. The Morgan fingerprint density at radius 3 is 2.24 bits per heavy atom. The van der Waals surface area contributed by atoms with Gasteiger partial charge in [-0.2, -0.15) is 0 Å². The molecule has 0 saturated carbocycles. The van der Waals surface area contributed by atoms with Crippen LogP contribution in [0.15, 0.2) is 65.7 Å². The van der Waals surface area contributed by atoms with Crippen molar-refractivity contribution in [2.24, 2.45) is 0 Å². The van der Waals surface area contributed by atoms with Gasteiger partial charge in [-0.1, -0.05) is 36.8 Å². The van der Waals surface area contributed by atoms with Gasteiger partial charge in [-0.05, 0) is 76.9 Å². The lowest BCUT2D eigenvalue weighted by atomic mass is 9.79. The SMILES string of the molecule is CCc1c(-c2cccc(F)c2)c2cc(B3OC(C)(C)C(C)(C)O3)cnc2n1S(=O)(=O)c1ccc(C)cc1. The average Bonchev–Trinajstić information content (AvgIpc) is 3.28. The number of hydrogen-bond acceptors (Lipinski definition) is 5. The number of nitrogens with zero attached hydrogens (tertiary/aromatic N) is 2. The van der Waals surface area contributed by atoms with E-state index in [1.165, 1.54) is 16.1 Å². The zero-order chi connectivity index (χ0) is 26.8. The predicted octanol–water partition coefficient (Wildman–Crippen LogP) is 5.25. The van der Waals surface area contributed by atoms with Crippen LogP contribution >= 0.6 is 0 Å². The lowest BCUT2D eigenvalue weighted by molar-refractivity contribution is 0.00578. The highest BCUT2D eigenvalue weighted by molar-refractivity contribution is 7.90. The standard InChI is InChI=1S/C28H30BFN2O4S/c1-7-24-25(19-9-8-10-21(30)15-19)23-16-20(29-35-27(3,4)28(5,6)36-29)17-31-26(23)32(24)37(33,34)22-13-11-18(2)12-14-22/h8-17H,7H2,1-6H3. The van der Waals surface area contributed by atoms with Crippen molar-refractivity contribution in [3.63, 3.8) is 0 Å². The van der Waals surface area contributed by atoms with Crippen molar-refractivity contribution in [3.8, 4) is 11.1 Å². The summed E-state index contributed by atoms with van der Waals surface area (Å²) in [6, 6.07) is 14.7. The molecule has 0 amide bonds. The van der Waals surface area contributed by atoms with E-state index in [0.29, 0.717) is 34.1 Å². The molecule has 0 atom stereocenters. The first-order valence-electron chi connectivity index (χ1n) is 12.3. The number of aromatic nitrogens is 2. The maximum atomic E-state index is 14.3. The average molecular weight is 520 g/mol. The molecule has 192 valence electrons. The van der Waals surface area contributed by atoms with E-state index < -0.39 is 34.2 Å². The van der Waals surface area contributed by atoms with E-state index in [1.54, 1.807) is 42.6 Å². The van der Waals surface area contributed by atoms with E-state index in [0.717, 1.165) is 5.56 Å². The summed E-state index contributed by atoms with van der Waals surface area (Å²) >= 11 is 0. The number of rotatable bonds is 5. The Labute approximate surface area is 217 Å². The van der Waals surface area contributed by atoms with Gasteiger partial charge >= 0.3 is 7.12 Å². The van der Waals surface area contributed by atoms with Crippen LogP contribution in [0, 0.1) is 12.7 Å². The molecule has 4 aromatic rings. The summed E-state index contributed by atoms with van der Waals surface area (Å²) in [5, 5.41) is 0.588. The van der Waals surface area contributed by atoms with Crippen LogP contribution in [0.3, 0.4) is 0 Å². The van der Waals surface area contributed by atoms with Gasteiger partial charge in [-0.3, -0.25) is 0 Å². The van der Waals surface area contributed by atoms with Crippen molar-refractivity contribution in [2.45, 2.75) is 64.1 Å². The molecule has 2 aromatic heterocycles. The molecule has 0 spiro atoms. The largest absolute Gasteiger partial charge is 0.496 e. The fraction of sp³-hybridized carbons (Fsp3) is 0.321. The molecule has 37 heavy (non-hydrogen) atoms. The van der Waals surface area contributed by atoms with E-state index in [9.17, 15) is 12.8 Å². The zero-order valence-electron chi connectivity index (χ0n) is 21.9. The van der Waals surface area contributed by atoms with Crippen molar-refractivity contribution in [3.05, 3.63) is 77.9 Å². The second kappa shape index (κ2) is 8.79. The highest BCUT2D eigenvalue weighted by Crippen LogP contribution is 2.39. The van der Waals surface area contributed by atoms with Gasteiger partial charge in [0.15, 0.2) is 5.65 Å². The fourth-order valence-electron chi connectivity index (χ4n) is 4.67. The van der Waals surface area contributed by atoms with Gasteiger partial charge in [0.05, 0.1) is 16.1 Å². The number of aryl methyl sites for hydroxylation is 1. The first-order valence-corrected chi connectivity index (χ1v) is 13.8. The minimum Gasteiger partial charge on any atom is -0.399 e. The Balaban J connectivity index is 1.79. The molecular weight excluding hydrogens is 490 g/mol. The molecule has 1 aliphatic heterocycles. The molecule has 9 heteroatoms. The van der Waals surface area contributed by atoms with E-state index in [2.05, 4.69) is 4.98 Å². The quantitative estimate of drug-likeness (QED) is 0.337. The summed E-state index contributed by atoms with van der Waals surface area (Å²) in [6.45, 7) is 11.7. The predicted molar refractivity (Wildman–Crippen MR) is 144 cm³/mol. The van der Waals surface area contributed by atoms with Crippen LogP contribution in [-0.2, 0) is 25.8 Å². The number of benzene rings is 2. The molecule has 0 bridgehead atoms. The van der Waals surface area contributed by atoms with Crippen LogP contribution < -0.4 is 5.46 Å². The summed E-state index contributed by atoms with van der Waals surface area (Å²) < 4.78 is 56.0. The fourth-order valence-corrected chi connectivity index (χ4v) is 6.25. The molecule has 0 radical (unpaired) electrons. The Morgan fingerprint density at radius 2 is 1.65 bits per heavy atom. The molecule has 5 rings (SSSR count). The second-order valence-corrected chi connectivity index (χ2v) is 12.3. The molecule has 0 N–H and O–H groups in total. The smallest absolute Gasteiger partial charge is 0.399 e. The van der Waals surface area contributed by atoms with Crippen LogP contribution in [0.1, 0.15) is 45.9 Å². The van der Waals surface area contributed by atoms with Gasteiger partial charge in [-0.25, -0.2) is 21.8 Å². The molecular formula is C28H30BFN2O4S. The summed E-state index contributed by atoms with van der Waals surface area (Å²) in [5.41, 5.74) is 2.53. The van der Waals surface area contributed by atoms with Crippen LogP contribution in [-0.4, -0.2) is 35.7 Å². The normalized spacial score (nSPS) is 17.0.